The number of rotatable bonds is 3. The smallest absolute Gasteiger partial charge is 0.0447 e. The fourth-order valence-electron chi connectivity index (χ4n) is 9.90. The molecule has 0 aromatic heterocycles. The Bertz CT molecular complexity index is 3040. The Balaban J connectivity index is 1.19. The minimum atomic E-state index is -0.0871. The molecule has 0 unspecified atom stereocenters. The molecule has 0 radical (unpaired) electrons. The third-order valence-electron chi connectivity index (χ3n) is 12.7. The van der Waals surface area contributed by atoms with Gasteiger partial charge in [0.15, 0.2) is 0 Å². The number of hydrogen-bond acceptors (Lipinski definition) is 1. The van der Waals surface area contributed by atoms with E-state index in [1.54, 1.807) is 0 Å². The van der Waals surface area contributed by atoms with Gasteiger partial charge in [0.2, 0.25) is 0 Å². The largest absolute Gasteiger partial charge is 0.344 e. The van der Waals surface area contributed by atoms with Crippen LogP contribution in [-0.4, -0.2) is 7.05 Å². The van der Waals surface area contributed by atoms with E-state index in [0.29, 0.717) is 0 Å². The molecular weight excluding hydrogens is 663 g/mol. The van der Waals surface area contributed by atoms with Gasteiger partial charge in [0.25, 0.3) is 0 Å². The first-order chi connectivity index (χ1) is 26.9. The van der Waals surface area contributed by atoms with Crippen LogP contribution >= 0.6 is 0 Å². The van der Waals surface area contributed by atoms with Gasteiger partial charge in [-0.25, -0.2) is 0 Å². The summed E-state index contributed by atoms with van der Waals surface area (Å²) in [6.45, 7) is 4.76. The standard InChI is InChI=1S/C54H41N/c1-54(2)48-18-10-9-15-42(48)43-28-27-40(32-49(43)54)53-45-17-8-7-16-44(45)52(41-25-23-36-22-21-35-13-6-11-19-50(35)55(3)51(36)33-41)46-29-26-39(31-47(46)53)38-24-20-34-12-4-5-14-37(34)30-38/h4-20,23-33H,21-22H2,1-3H3. The van der Waals surface area contributed by atoms with Gasteiger partial charge in [0.1, 0.15) is 0 Å². The van der Waals surface area contributed by atoms with E-state index in [1.807, 2.05) is 0 Å². The van der Waals surface area contributed by atoms with Crippen molar-refractivity contribution in [3.05, 3.63) is 192 Å². The summed E-state index contributed by atoms with van der Waals surface area (Å²) in [6, 6.07) is 64.1. The number of benzene rings is 9. The summed E-state index contributed by atoms with van der Waals surface area (Å²) in [5.74, 6) is 0. The Kier molecular flexibility index (Phi) is 7.01. The van der Waals surface area contributed by atoms with Gasteiger partial charge in [-0.15, -0.1) is 0 Å². The normalized spacial score (nSPS) is 14.1. The van der Waals surface area contributed by atoms with E-state index >= 15 is 0 Å². The molecule has 0 spiro atoms. The van der Waals surface area contributed by atoms with Crippen molar-refractivity contribution < 1.29 is 0 Å². The fourth-order valence-corrected chi connectivity index (χ4v) is 9.90. The van der Waals surface area contributed by atoms with Gasteiger partial charge in [-0.2, -0.15) is 0 Å². The Hall–Kier alpha value is -6.44. The summed E-state index contributed by atoms with van der Waals surface area (Å²) in [4.78, 5) is 2.40. The molecule has 262 valence electrons. The summed E-state index contributed by atoms with van der Waals surface area (Å²) in [5.41, 5.74) is 18.4. The highest BCUT2D eigenvalue weighted by Crippen LogP contribution is 2.52. The van der Waals surface area contributed by atoms with E-state index in [2.05, 4.69) is 196 Å². The van der Waals surface area contributed by atoms with Crippen LogP contribution < -0.4 is 4.90 Å². The Labute approximate surface area is 323 Å². The van der Waals surface area contributed by atoms with Gasteiger partial charge in [0, 0.05) is 23.8 Å². The molecular formula is C54H41N. The number of para-hydroxylation sites is 1. The molecule has 1 aliphatic carbocycles. The van der Waals surface area contributed by atoms with Crippen molar-refractivity contribution in [2.45, 2.75) is 32.1 Å². The molecule has 0 fully saturated rings. The van der Waals surface area contributed by atoms with Crippen molar-refractivity contribution in [2.24, 2.45) is 0 Å². The van der Waals surface area contributed by atoms with Crippen LogP contribution in [0.5, 0.6) is 0 Å². The first-order valence-corrected chi connectivity index (χ1v) is 19.6. The molecule has 0 bridgehead atoms. The fraction of sp³-hybridized carbons (Fsp3) is 0.111. The SMILES string of the molecule is CN1c2ccccc2CCc2ccc(-c3c4ccccc4c(-c4ccc5c(c4)C(C)(C)c4ccccc4-5)c4cc(-c5ccc6ccccc6c5)ccc34)cc21. The molecule has 0 atom stereocenters. The quantitative estimate of drug-likeness (QED) is 0.166. The molecule has 1 nitrogen and oxygen atoms in total. The highest BCUT2D eigenvalue weighted by Gasteiger charge is 2.35. The maximum Gasteiger partial charge on any atom is 0.0447 e. The van der Waals surface area contributed by atoms with Gasteiger partial charge < -0.3 is 4.90 Å². The van der Waals surface area contributed by atoms with E-state index in [-0.39, 0.29) is 5.41 Å². The molecule has 0 saturated carbocycles. The number of hydrogen-bond donors (Lipinski definition) is 0. The lowest BCUT2D eigenvalue weighted by Gasteiger charge is -2.24. The number of nitrogens with zero attached hydrogens (tertiary/aromatic N) is 1. The topological polar surface area (TPSA) is 3.24 Å². The molecule has 1 heterocycles. The lowest BCUT2D eigenvalue weighted by atomic mass is 9.80. The van der Waals surface area contributed by atoms with Crippen molar-refractivity contribution in [1.82, 2.24) is 0 Å². The van der Waals surface area contributed by atoms with Crippen molar-refractivity contribution in [3.8, 4) is 44.5 Å². The van der Waals surface area contributed by atoms with Crippen LogP contribution in [0.3, 0.4) is 0 Å². The zero-order chi connectivity index (χ0) is 36.8. The lowest BCUT2D eigenvalue weighted by molar-refractivity contribution is 0.660. The molecule has 1 heteroatoms. The van der Waals surface area contributed by atoms with Gasteiger partial charge in [0.05, 0.1) is 0 Å². The third kappa shape index (κ3) is 4.86. The third-order valence-corrected chi connectivity index (χ3v) is 12.7. The molecule has 11 rings (SSSR count). The van der Waals surface area contributed by atoms with Crippen molar-refractivity contribution in [3.63, 3.8) is 0 Å². The van der Waals surface area contributed by atoms with E-state index < -0.39 is 0 Å². The van der Waals surface area contributed by atoms with Crippen LogP contribution in [-0.2, 0) is 18.3 Å². The van der Waals surface area contributed by atoms with E-state index in [9.17, 15) is 0 Å². The highest BCUT2D eigenvalue weighted by atomic mass is 15.1. The molecule has 2 aliphatic rings. The first-order valence-electron chi connectivity index (χ1n) is 19.6. The molecule has 0 saturated heterocycles. The van der Waals surface area contributed by atoms with Crippen molar-refractivity contribution >= 4 is 43.7 Å². The monoisotopic (exact) mass is 703 g/mol. The van der Waals surface area contributed by atoms with Crippen LogP contribution in [0.25, 0.3) is 76.8 Å². The summed E-state index contributed by atoms with van der Waals surface area (Å²) < 4.78 is 0. The summed E-state index contributed by atoms with van der Waals surface area (Å²) in [6.07, 6.45) is 2.08. The van der Waals surface area contributed by atoms with Crippen LogP contribution in [0.2, 0.25) is 0 Å². The van der Waals surface area contributed by atoms with Crippen molar-refractivity contribution in [1.29, 1.82) is 0 Å². The minimum Gasteiger partial charge on any atom is -0.344 e. The number of fused-ring (bicyclic) bond motifs is 8. The second-order valence-corrected chi connectivity index (χ2v) is 16.1. The molecule has 9 aromatic rings. The zero-order valence-corrected chi connectivity index (χ0v) is 31.5. The summed E-state index contributed by atoms with van der Waals surface area (Å²) >= 11 is 0. The molecule has 55 heavy (non-hydrogen) atoms. The second kappa shape index (κ2) is 12.0. The summed E-state index contributed by atoms with van der Waals surface area (Å²) in [7, 11) is 2.23. The molecule has 1 aliphatic heterocycles. The molecule has 9 aromatic carbocycles. The Morgan fingerprint density at radius 2 is 0.982 bits per heavy atom. The maximum absolute atomic E-state index is 2.49. The van der Waals surface area contributed by atoms with Gasteiger partial charge in [-0.3, -0.25) is 0 Å². The minimum absolute atomic E-state index is 0.0871. The first kappa shape index (κ1) is 32.0. The second-order valence-electron chi connectivity index (χ2n) is 16.1. The highest BCUT2D eigenvalue weighted by molar-refractivity contribution is 6.22. The van der Waals surface area contributed by atoms with Gasteiger partial charge >= 0.3 is 0 Å². The predicted molar refractivity (Wildman–Crippen MR) is 235 cm³/mol. The van der Waals surface area contributed by atoms with Gasteiger partial charge in [-0.05, 0) is 142 Å². The van der Waals surface area contributed by atoms with Gasteiger partial charge in [-0.1, -0.05) is 153 Å². The molecule has 0 N–H and O–H groups in total. The van der Waals surface area contributed by atoms with Crippen LogP contribution in [0.4, 0.5) is 11.4 Å². The van der Waals surface area contributed by atoms with Crippen LogP contribution in [0.15, 0.2) is 170 Å². The molecule has 0 amide bonds. The Morgan fingerprint density at radius 1 is 0.400 bits per heavy atom. The van der Waals surface area contributed by atoms with E-state index in [4.69, 9.17) is 0 Å². The average molecular weight is 704 g/mol. The number of aryl methyl sites for hydroxylation is 2. The number of anilines is 2. The van der Waals surface area contributed by atoms with E-state index in [1.165, 1.54) is 110 Å². The van der Waals surface area contributed by atoms with Crippen LogP contribution in [0.1, 0.15) is 36.1 Å². The maximum atomic E-state index is 2.49. The van der Waals surface area contributed by atoms with Crippen molar-refractivity contribution in [2.75, 3.05) is 11.9 Å². The lowest BCUT2D eigenvalue weighted by Crippen LogP contribution is -2.14. The zero-order valence-electron chi connectivity index (χ0n) is 31.5. The van der Waals surface area contributed by atoms with E-state index in [0.717, 1.165) is 12.8 Å². The summed E-state index contributed by atoms with van der Waals surface area (Å²) in [5, 5.41) is 7.64. The predicted octanol–water partition coefficient (Wildman–Crippen LogP) is 14.3. The Morgan fingerprint density at radius 3 is 1.84 bits per heavy atom. The van der Waals surface area contributed by atoms with Crippen LogP contribution in [0, 0.1) is 0 Å². The average Bonchev–Trinajstić information content (AvgIpc) is 3.36.